The first-order valence-electron chi connectivity index (χ1n) is 13.1. The second kappa shape index (κ2) is 10.9. The van der Waals surface area contributed by atoms with E-state index in [0.717, 1.165) is 36.3 Å². The molecule has 1 aliphatic carbocycles. The van der Waals surface area contributed by atoms with Crippen LogP contribution in [-0.2, 0) is 25.6 Å². The van der Waals surface area contributed by atoms with E-state index in [2.05, 4.69) is 48.0 Å². The average molecular weight is 545 g/mol. The van der Waals surface area contributed by atoms with Crippen LogP contribution in [0.25, 0.3) is 0 Å². The normalized spacial score (nSPS) is 19.9. The van der Waals surface area contributed by atoms with Gasteiger partial charge in [0.15, 0.2) is 0 Å². The van der Waals surface area contributed by atoms with Crippen LogP contribution in [0.1, 0.15) is 67.3 Å². The molecule has 3 aromatic rings. The first-order valence-corrected chi connectivity index (χ1v) is 13.1. The predicted octanol–water partition coefficient (Wildman–Crippen LogP) is 4.41. The van der Waals surface area contributed by atoms with Crippen LogP contribution in [0.3, 0.4) is 0 Å². The number of carbonyl (C=O) groups excluding carboxylic acids is 1. The summed E-state index contributed by atoms with van der Waals surface area (Å²) in [7, 11) is 1.94. The lowest BCUT2D eigenvalue weighted by Crippen LogP contribution is -2.43. The molecule has 1 saturated carbocycles. The fourth-order valence-corrected chi connectivity index (χ4v) is 5.65. The quantitative estimate of drug-likeness (QED) is 0.408. The fraction of sp³-hybridized carbons (Fsp3) is 0.500. The lowest BCUT2D eigenvalue weighted by molar-refractivity contribution is -0.141. The first-order chi connectivity index (χ1) is 18.3. The lowest BCUT2D eigenvalue weighted by atomic mass is 9.58. The van der Waals surface area contributed by atoms with Crippen molar-refractivity contribution in [3.8, 4) is 0 Å². The van der Waals surface area contributed by atoms with E-state index in [9.17, 15) is 22.8 Å². The number of hydrogen-bond donors (Lipinski definition) is 1. The number of primary amides is 1. The van der Waals surface area contributed by atoms with Crippen molar-refractivity contribution < 1.29 is 18.0 Å². The predicted molar refractivity (Wildman–Crippen MR) is 142 cm³/mol. The highest BCUT2D eigenvalue weighted by molar-refractivity contribution is 5.92. The summed E-state index contributed by atoms with van der Waals surface area (Å²) < 4.78 is 42.1. The number of pyridine rings is 1. The minimum Gasteiger partial charge on any atom is -0.367 e. The van der Waals surface area contributed by atoms with Gasteiger partial charge in [0.2, 0.25) is 0 Å². The highest BCUT2D eigenvalue weighted by Gasteiger charge is 2.48. The molecule has 1 amide bonds. The molecule has 39 heavy (non-hydrogen) atoms. The van der Waals surface area contributed by atoms with Crippen molar-refractivity contribution in [1.82, 2.24) is 19.3 Å². The van der Waals surface area contributed by atoms with E-state index in [4.69, 9.17) is 5.73 Å². The largest absolute Gasteiger partial charge is 0.406 e. The number of rotatable bonds is 10. The van der Waals surface area contributed by atoms with Crippen LogP contribution in [0.5, 0.6) is 0 Å². The van der Waals surface area contributed by atoms with Gasteiger partial charge in [-0.25, -0.2) is 0 Å². The third kappa shape index (κ3) is 6.02. The van der Waals surface area contributed by atoms with Crippen LogP contribution >= 0.6 is 0 Å². The van der Waals surface area contributed by atoms with Gasteiger partial charge in [0.25, 0.3) is 11.5 Å². The number of hydrogen-bond acceptors (Lipinski definition) is 5. The molecule has 11 heteroatoms. The van der Waals surface area contributed by atoms with E-state index in [0.29, 0.717) is 22.6 Å². The Bertz CT molecular complexity index is 1390. The van der Waals surface area contributed by atoms with Crippen molar-refractivity contribution in [2.45, 2.75) is 64.7 Å². The summed E-state index contributed by atoms with van der Waals surface area (Å²) in [6.07, 6.45) is 1.00. The van der Waals surface area contributed by atoms with Gasteiger partial charge in [-0.15, -0.1) is 10.2 Å². The molecule has 1 aliphatic rings. The summed E-state index contributed by atoms with van der Waals surface area (Å²) >= 11 is 0. The molecule has 1 fully saturated rings. The van der Waals surface area contributed by atoms with E-state index in [-0.39, 0.29) is 17.9 Å². The molecule has 2 N–H and O–H groups in total. The number of aryl methyl sites for hydroxylation is 1. The number of amides is 1. The molecule has 0 saturated heterocycles. The molecule has 0 aliphatic heterocycles. The average Bonchev–Trinajstić information content (AvgIpc) is 3.28. The van der Waals surface area contributed by atoms with Crippen LogP contribution in [0.2, 0.25) is 0 Å². The maximum atomic E-state index is 13.2. The maximum Gasteiger partial charge on any atom is 0.406 e. The number of nitrogens with two attached hydrogens (primary N) is 1. The van der Waals surface area contributed by atoms with Crippen molar-refractivity contribution >= 4 is 11.6 Å². The van der Waals surface area contributed by atoms with Gasteiger partial charge in [-0.05, 0) is 54.0 Å². The number of aromatic nitrogens is 4. The topological polar surface area (TPSA) is 99.0 Å². The number of anilines is 1. The smallest absolute Gasteiger partial charge is 0.367 e. The summed E-state index contributed by atoms with van der Waals surface area (Å²) in [6.45, 7) is 5.70. The zero-order chi connectivity index (χ0) is 28.5. The fourth-order valence-electron chi connectivity index (χ4n) is 5.65. The monoisotopic (exact) mass is 544 g/mol. The molecule has 210 valence electrons. The molecule has 2 aromatic heterocycles. The molecule has 4 rings (SSSR count). The number of nitrogens with zero attached hydrogens (tertiary/aromatic N) is 5. The Morgan fingerprint density at radius 1 is 1.28 bits per heavy atom. The van der Waals surface area contributed by atoms with Gasteiger partial charge in [-0.1, -0.05) is 39.3 Å². The van der Waals surface area contributed by atoms with Gasteiger partial charge in [0.05, 0.1) is 5.41 Å². The molecular weight excluding hydrogens is 509 g/mol. The van der Waals surface area contributed by atoms with E-state index in [1.807, 2.05) is 23.7 Å². The van der Waals surface area contributed by atoms with Crippen LogP contribution in [-0.4, -0.2) is 38.0 Å². The van der Waals surface area contributed by atoms with Crippen LogP contribution in [0.15, 0.2) is 47.7 Å². The number of alkyl halides is 3. The second-order valence-electron chi connectivity index (χ2n) is 11.0. The summed E-state index contributed by atoms with van der Waals surface area (Å²) in [6, 6.07) is 9.46. The van der Waals surface area contributed by atoms with Crippen LogP contribution < -0.4 is 16.2 Å². The van der Waals surface area contributed by atoms with Crippen LogP contribution in [0, 0.1) is 11.8 Å². The third-order valence-electron chi connectivity index (χ3n) is 7.66. The zero-order valence-corrected chi connectivity index (χ0v) is 22.7. The molecule has 8 nitrogen and oxygen atoms in total. The molecule has 0 radical (unpaired) electrons. The highest BCUT2D eigenvalue weighted by atomic mass is 19.4. The molecule has 1 unspecified atom stereocenters. The highest BCUT2D eigenvalue weighted by Crippen LogP contribution is 2.51. The Balaban J connectivity index is 1.76. The van der Waals surface area contributed by atoms with E-state index < -0.39 is 29.8 Å². The Hall–Kier alpha value is -3.63. The number of carbonyl (C=O) groups is 1. The van der Waals surface area contributed by atoms with Crippen molar-refractivity contribution in [1.29, 1.82) is 0 Å². The van der Waals surface area contributed by atoms with Gasteiger partial charge in [0, 0.05) is 32.0 Å². The Morgan fingerprint density at radius 2 is 2.00 bits per heavy atom. The van der Waals surface area contributed by atoms with E-state index >= 15 is 0 Å². The molecule has 1 aromatic carbocycles. The molecule has 0 spiro atoms. The number of benzene rings is 1. The standard InChI is InChI=1S/C28H35F3N6O2/c1-5-18(2)13-36(14-20-9-23(24(32)38)25(39)37(15-20)16-28(29,30)31)22-8-6-7-21(10-22)27(11-19(3)12-27)26-34-33-17-35(26)4/h6-10,15,17-19H,5,11-14,16H2,1-4H3,(H2,32,38). The van der Waals surface area contributed by atoms with E-state index in [1.165, 1.54) is 12.3 Å². The van der Waals surface area contributed by atoms with Gasteiger partial charge >= 0.3 is 6.18 Å². The van der Waals surface area contributed by atoms with Crippen molar-refractivity contribution in [2.75, 3.05) is 11.4 Å². The summed E-state index contributed by atoms with van der Waals surface area (Å²) in [5.74, 6) is 0.653. The Labute approximate surface area is 225 Å². The minimum absolute atomic E-state index is 0.194. The zero-order valence-electron chi connectivity index (χ0n) is 22.7. The van der Waals surface area contributed by atoms with Gasteiger partial charge in [0.1, 0.15) is 24.3 Å². The van der Waals surface area contributed by atoms with Gasteiger partial charge in [-0.2, -0.15) is 13.2 Å². The summed E-state index contributed by atoms with van der Waals surface area (Å²) in [5, 5.41) is 8.53. The SMILES string of the molecule is CCC(C)CN(Cc1cc(C(N)=O)c(=O)n(CC(F)(F)F)c1)c1cccc(C2(c3nncn3C)CC(C)C2)c1. The second-order valence-corrected chi connectivity index (χ2v) is 11.0. The Kier molecular flexibility index (Phi) is 7.90. The molecular formula is C28H35F3N6O2. The molecule has 1 atom stereocenters. The van der Waals surface area contributed by atoms with Gasteiger partial charge < -0.3 is 19.8 Å². The van der Waals surface area contributed by atoms with Crippen molar-refractivity contribution in [3.05, 3.63) is 75.7 Å². The van der Waals surface area contributed by atoms with Crippen LogP contribution in [0.4, 0.5) is 18.9 Å². The van der Waals surface area contributed by atoms with Crippen molar-refractivity contribution in [2.24, 2.45) is 24.6 Å². The lowest BCUT2D eigenvalue weighted by Gasteiger charge is -2.46. The first kappa shape index (κ1) is 28.4. The number of halogens is 3. The maximum absolute atomic E-state index is 13.2. The minimum atomic E-state index is -4.63. The van der Waals surface area contributed by atoms with Gasteiger partial charge in [-0.3, -0.25) is 9.59 Å². The van der Waals surface area contributed by atoms with E-state index in [1.54, 1.807) is 6.33 Å². The Morgan fingerprint density at radius 3 is 2.56 bits per heavy atom. The molecule has 0 bridgehead atoms. The summed E-state index contributed by atoms with van der Waals surface area (Å²) in [5.41, 5.74) is 5.95. The van der Waals surface area contributed by atoms with Crippen molar-refractivity contribution in [3.63, 3.8) is 0 Å². The summed E-state index contributed by atoms with van der Waals surface area (Å²) in [4.78, 5) is 26.5. The molecule has 2 heterocycles. The third-order valence-corrected chi connectivity index (χ3v) is 7.66.